The van der Waals surface area contributed by atoms with Crippen LogP contribution in [0.4, 0.5) is 0 Å². The van der Waals surface area contributed by atoms with E-state index in [0.717, 1.165) is 18.9 Å². The second kappa shape index (κ2) is 11.5. The lowest BCUT2D eigenvalue weighted by molar-refractivity contribution is 0.472. The topological polar surface area (TPSA) is 70.6 Å². The van der Waals surface area contributed by atoms with Crippen LogP contribution in [0.2, 0.25) is 0 Å². The van der Waals surface area contributed by atoms with Gasteiger partial charge in [-0.2, -0.15) is 0 Å². The second-order valence-electron chi connectivity index (χ2n) is 5.70. The van der Waals surface area contributed by atoms with Crippen LogP contribution < -0.4 is 10.6 Å². The highest BCUT2D eigenvalue weighted by atomic mass is 127. The van der Waals surface area contributed by atoms with Gasteiger partial charge in [0.25, 0.3) is 0 Å². The van der Waals surface area contributed by atoms with Gasteiger partial charge in [0, 0.05) is 26.4 Å². The van der Waals surface area contributed by atoms with Crippen LogP contribution in [0.3, 0.4) is 0 Å². The molecule has 0 saturated heterocycles. The fourth-order valence-corrected chi connectivity index (χ4v) is 3.11. The standard InChI is InChI=1S/C14H29N3O2S.HI/c1-15-14(17-11-12-20(2,18)19)16-10-6-5-9-13-7-3-4-8-13;/h13H,3-12H2,1-2H3,(H2,15,16,17);1H. The summed E-state index contributed by atoms with van der Waals surface area (Å²) in [5.74, 6) is 1.78. The van der Waals surface area contributed by atoms with E-state index in [0.29, 0.717) is 12.5 Å². The van der Waals surface area contributed by atoms with Gasteiger partial charge < -0.3 is 10.6 Å². The molecule has 1 rings (SSSR count). The molecule has 5 nitrogen and oxygen atoms in total. The summed E-state index contributed by atoms with van der Waals surface area (Å²) in [5.41, 5.74) is 0. The zero-order valence-corrected chi connectivity index (χ0v) is 16.4. The number of sulfone groups is 1. The molecule has 7 heteroatoms. The van der Waals surface area contributed by atoms with Crippen LogP contribution in [-0.4, -0.2) is 46.5 Å². The Bertz CT molecular complexity index is 393. The normalized spacial score (nSPS) is 16.6. The Labute approximate surface area is 146 Å². The smallest absolute Gasteiger partial charge is 0.191 e. The summed E-state index contributed by atoms with van der Waals surface area (Å²) in [5, 5.41) is 6.24. The Morgan fingerprint density at radius 1 is 1.14 bits per heavy atom. The highest BCUT2D eigenvalue weighted by molar-refractivity contribution is 14.0. The molecule has 126 valence electrons. The Morgan fingerprint density at radius 2 is 1.76 bits per heavy atom. The van der Waals surface area contributed by atoms with Crippen LogP contribution >= 0.6 is 24.0 Å². The van der Waals surface area contributed by atoms with Crippen LogP contribution in [0.5, 0.6) is 0 Å². The molecular formula is C14H30IN3O2S. The van der Waals surface area contributed by atoms with Gasteiger partial charge in [-0.05, 0) is 12.3 Å². The van der Waals surface area contributed by atoms with Crippen molar-refractivity contribution in [1.82, 2.24) is 10.6 Å². The van der Waals surface area contributed by atoms with E-state index < -0.39 is 9.84 Å². The zero-order valence-electron chi connectivity index (χ0n) is 13.2. The van der Waals surface area contributed by atoms with Gasteiger partial charge in [-0.25, -0.2) is 8.42 Å². The average molecular weight is 431 g/mol. The fraction of sp³-hybridized carbons (Fsp3) is 0.929. The van der Waals surface area contributed by atoms with E-state index in [1.54, 1.807) is 7.05 Å². The van der Waals surface area contributed by atoms with Crippen molar-refractivity contribution >= 4 is 39.8 Å². The van der Waals surface area contributed by atoms with Crippen LogP contribution in [-0.2, 0) is 9.84 Å². The maximum Gasteiger partial charge on any atom is 0.191 e. The molecule has 0 aliphatic heterocycles. The zero-order chi connectivity index (χ0) is 14.8. The molecule has 1 aliphatic rings. The van der Waals surface area contributed by atoms with Gasteiger partial charge in [0.1, 0.15) is 9.84 Å². The summed E-state index contributed by atoms with van der Waals surface area (Å²) < 4.78 is 22.1. The van der Waals surface area contributed by atoms with E-state index in [9.17, 15) is 8.42 Å². The van der Waals surface area contributed by atoms with E-state index in [1.165, 1.54) is 44.8 Å². The summed E-state index contributed by atoms with van der Waals surface area (Å²) in [6.45, 7) is 1.30. The van der Waals surface area contributed by atoms with Crippen LogP contribution in [0.15, 0.2) is 4.99 Å². The van der Waals surface area contributed by atoms with Crippen LogP contribution in [0, 0.1) is 5.92 Å². The maximum absolute atomic E-state index is 11.0. The third-order valence-electron chi connectivity index (χ3n) is 3.80. The van der Waals surface area contributed by atoms with Gasteiger partial charge in [0.15, 0.2) is 5.96 Å². The number of aliphatic imine (C=N–C) groups is 1. The van der Waals surface area contributed by atoms with Gasteiger partial charge in [-0.1, -0.05) is 38.5 Å². The van der Waals surface area contributed by atoms with Gasteiger partial charge >= 0.3 is 0 Å². The summed E-state index contributed by atoms with van der Waals surface area (Å²) in [7, 11) is -1.21. The first-order chi connectivity index (χ1) is 9.51. The number of nitrogens with zero attached hydrogens (tertiary/aromatic N) is 1. The Morgan fingerprint density at radius 3 is 2.33 bits per heavy atom. The van der Waals surface area contributed by atoms with Crippen molar-refractivity contribution in [3.8, 4) is 0 Å². The van der Waals surface area contributed by atoms with Gasteiger partial charge in [0.2, 0.25) is 0 Å². The maximum atomic E-state index is 11.0. The van der Waals surface area contributed by atoms with Crippen LogP contribution in [0.1, 0.15) is 44.9 Å². The number of unbranched alkanes of at least 4 members (excludes halogenated alkanes) is 1. The quantitative estimate of drug-likeness (QED) is 0.268. The molecule has 0 heterocycles. The molecule has 1 aliphatic carbocycles. The lowest BCUT2D eigenvalue weighted by Gasteiger charge is -2.12. The minimum absolute atomic E-state index is 0. The number of hydrogen-bond acceptors (Lipinski definition) is 3. The average Bonchev–Trinajstić information content (AvgIpc) is 2.88. The summed E-state index contributed by atoms with van der Waals surface area (Å²) in [4.78, 5) is 4.08. The molecule has 2 N–H and O–H groups in total. The molecule has 0 aromatic heterocycles. The third kappa shape index (κ3) is 11.2. The first kappa shape index (κ1) is 20.9. The fourth-order valence-electron chi connectivity index (χ4n) is 2.64. The number of hydrogen-bond donors (Lipinski definition) is 2. The molecule has 0 radical (unpaired) electrons. The predicted molar refractivity (Wildman–Crippen MR) is 100 cm³/mol. The van der Waals surface area contributed by atoms with Crippen molar-refractivity contribution in [2.75, 3.05) is 32.1 Å². The number of halogens is 1. The summed E-state index contributed by atoms with van der Waals surface area (Å²) >= 11 is 0. The Balaban J connectivity index is 0.00000400. The molecule has 0 aromatic carbocycles. The predicted octanol–water partition coefficient (Wildman–Crippen LogP) is 2.17. The van der Waals surface area contributed by atoms with E-state index >= 15 is 0 Å². The lowest BCUT2D eigenvalue weighted by Crippen LogP contribution is -2.39. The molecule has 1 saturated carbocycles. The summed E-state index contributed by atoms with van der Waals surface area (Å²) in [6.07, 6.45) is 10.7. The van der Waals surface area contributed by atoms with Crippen molar-refractivity contribution in [2.24, 2.45) is 10.9 Å². The van der Waals surface area contributed by atoms with Crippen molar-refractivity contribution in [1.29, 1.82) is 0 Å². The molecule has 0 spiro atoms. The van der Waals surface area contributed by atoms with Gasteiger partial charge in [0.05, 0.1) is 5.75 Å². The van der Waals surface area contributed by atoms with Gasteiger partial charge in [-0.15, -0.1) is 24.0 Å². The highest BCUT2D eigenvalue weighted by Gasteiger charge is 2.13. The molecule has 1 fully saturated rings. The number of rotatable bonds is 8. The SMILES string of the molecule is CN=C(NCCCCC1CCCC1)NCCS(C)(=O)=O.I. The Hall–Kier alpha value is -0.0500. The minimum atomic E-state index is -2.91. The molecule has 0 aromatic rings. The summed E-state index contributed by atoms with van der Waals surface area (Å²) in [6, 6.07) is 0. The third-order valence-corrected chi connectivity index (χ3v) is 4.74. The molecular weight excluding hydrogens is 401 g/mol. The van der Waals surface area contributed by atoms with Crippen molar-refractivity contribution in [2.45, 2.75) is 44.9 Å². The molecule has 0 bridgehead atoms. The van der Waals surface area contributed by atoms with E-state index in [4.69, 9.17) is 0 Å². The van der Waals surface area contributed by atoms with Gasteiger partial charge in [-0.3, -0.25) is 4.99 Å². The largest absolute Gasteiger partial charge is 0.356 e. The highest BCUT2D eigenvalue weighted by Crippen LogP contribution is 2.28. The van der Waals surface area contributed by atoms with E-state index in [2.05, 4.69) is 15.6 Å². The molecule has 0 atom stereocenters. The number of guanidine groups is 1. The minimum Gasteiger partial charge on any atom is -0.356 e. The number of nitrogens with one attached hydrogen (secondary N) is 2. The molecule has 21 heavy (non-hydrogen) atoms. The lowest BCUT2D eigenvalue weighted by atomic mass is 10.0. The van der Waals surface area contributed by atoms with Crippen molar-refractivity contribution < 1.29 is 8.42 Å². The van der Waals surface area contributed by atoms with E-state index in [-0.39, 0.29) is 29.7 Å². The first-order valence-electron chi connectivity index (χ1n) is 7.63. The molecule has 0 unspecified atom stereocenters. The van der Waals surface area contributed by atoms with Crippen LogP contribution in [0.25, 0.3) is 0 Å². The Kier molecular flexibility index (Phi) is 11.5. The van der Waals surface area contributed by atoms with Crippen molar-refractivity contribution in [3.05, 3.63) is 0 Å². The molecule has 0 amide bonds. The monoisotopic (exact) mass is 431 g/mol. The van der Waals surface area contributed by atoms with Crippen molar-refractivity contribution in [3.63, 3.8) is 0 Å². The van der Waals surface area contributed by atoms with E-state index in [1.807, 2.05) is 0 Å². The first-order valence-corrected chi connectivity index (χ1v) is 9.69. The second-order valence-corrected chi connectivity index (χ2v) is 7.96.